The minimum absolute atomic E-state index is 0. The molecule has 0 saturated heterocycles. The molecule has 0 spiro atoms. The molecular weight excluding hydrogens is 478 g/mol. The van der Waals surface area contributed by atoms with Crippen LogP contribution in [-0.4, -0.2) is 113 Å². The molecule has 1 rings (SSSR count). The SMILES string of the molecule is O=C(O)O.O=C(O)O.O=C([O-])[O-].O=C([O-])[O-].O=C1O[C@H]([C@@H](O)CO)C(O)=C1O.[Mg+2].[Na+].[Na+]. The van der Waals surface area contributed by atoms with Crippen LogP contribution in [0.5, 0.6) is 0 Å². The van der Waals surface area contributed by atoms with E-state index in [2.05, 4.69) is 4.74 Å². The maximum Gasteiger partial charge on any atom is 2.00 e. The molecule has 8 N–H and O–H groups in total. The van der Waals surface area contributed by atoms with Crippen LogP contribution in [0.4, 0.5) is 19.2 Å². The van der Waals surface area contributed by atoms with Crippen molar-refractivity contribution in [3.63, 3.8) is 0 Å². The van der Waals surface area contributed by atoms with Crippen LogP contribution < -0.4 is 79.5 Å². The molecule has 0 aromatic carbocycles. The van der Waals surface area contributed by atoms with Crippen molar-refractivity contribution in [2.24, 2.45) is 0 Å². The van der Waals surface area contributed by atoms with Gasteiger partial charge in [0, 0.05) is 0 Å². The number of carbonyl (C=O) groups excluding carboxylic acids is 3. The van der Waals surface area contributed by atoms with Crippen LogP contribution >= 0.6 is 0 Å². The molecule has 1 heterocycles. The average Bonchev–Trinajstić information content (AvgIpc) is 2.72. The zero-order valence-electron chi connectivity index (χ0n) is 15.7. The summed E-state index contributed by atoms with van der Waals surface area (Å²) in [5, 5.41) is 96.3. The third-order valence-electron chi connectivity index (χ3n) is 1.48. The van der Waals surface area contributed by atoms with E-state index in [9.17, 15) is 4.79 Å². The Labute approximate surface area is 231 Å². The van der Waals surface area contributed by atoms with E-state index in [1.54, 1.807) is 0 Å². The van der Waals surface area contributed by atoms with E-state index < -0.39 is 60.9 Å². The van der Waals surface area contributed by atoms with E-state index in [1.165, 1.54) is 0 Å². The summed E-state index contributed by atoms with van der Waals surface area (Å²) in [6.07, 6.45) is -11.1. The fraction of sp³-hybridized carbons (Fsp3) is 0.300. The zero-order chi connectivity index (χ0) is 23.6. The molecular formula is C10H12MgNa2O18. The Morgan fingerprint density at radius 3 is 1.23 bits per heavy atom. The molecule has 0 saturated carbocycles. The average molecular weight is 490 g/mol. The minimum atomic E-state index is -2.33. The summed E-state index contributed by atoms with van der Waals surface area (Å²) >= 11 is 0. The van der Waals surface area contributed by atoms with Crippen molar-refractivity contribution in [2.45, 2.75) is 12.2 Å². The van der Waals surface area contributed by atoms with Crippen LogP contribution in [0.15, 0.2) is 11.5 Å². The first kappa shape index (κ1) is 47.4. The molecule has 164 valence electrons. The van der Waals surface area contributed by atoms with Crippen LogP contribution in [0.1, 0.15) is 0 Å². The number of cyclic esters (lactones) is 1. The Bertz CT molecular complexity index is 502. The van der Waals surface area contributed by atoms with Gasteiger partial charge < -0.3 is 75.6 Å². The van der Waals surface area contributed by atoms with E-state index in [0.717, 1.165) is 0 Å². The van der Waals surface area contributed by atoms with Gasteiger partial charge in [0.15, 0.2) is 11.9 Å². The second kappa shape index (κ2) is 28.6. The van der Waals surface area contributed by atoms with Crippen LogP contribution in [0, 0.1) is 0 Å². The van der Waals surface area contributed by atoms with Crippen molar-refractivity contribution < 1.29 is 149 Å². The van der Waals surface area contributed by atoms with Crippen molar-refractivity contribution in [1.82, 2.24) is 0 Å². The van der Waals surface area contributed by atoms with Crippen molar-refractivity contribution in [2.75, 3.05) is 6.61 Å². The van der Waals surface area contributed by atoms with Gasteiger partial charge >= 0.3 is 100 Å². The van der Waals surface area contributed by atoms with Crippen LogP contribution in [0.3, 0.4) is 0 Å². The summed E-state index contributed by atoms with van der Waals surface area (Å²) in [4.78, 5) is 44.3. The molecule has 31 heavy (non-hydrogen) atoms. The molecule has 0 aromatic rings. The summed E-state index contributed by atoms with van der Waals surface area (Å²) in [5.74, 6) is -2.78. The summed E-state index contributed by atoms with van der Waals surface area (Å²) in [6, 6.07) is 0. The van der Waals surface area contributed by atoms with Gasteiger partial charge in [0.25, 0.3) is 0 Å². The molecule has 0 bridgehead atoms. The molecule has 21 heteroatoms. The third-order valence-corrected chi connectivity index (χ3v) is 1.48. The van der Waals surface area contributed by atoms with Crippen LogP contribution in [0.2, 0.25) is 0 Å². The molecule has 0 unspecified atom stereocenters. The number of aliphatic hydroxyl groups is 4. The maximum atomic E-state index is 10.5. The first-order valence-electron chi connectivity index (χ1n) is 5.72. The predicted molar refractivity (Wildman–Crippen MR) is 73.1 cm³/mol. The van der Waals surface area contributed by atoms with Gasteiger partial charge in [0.1, 0.15) is 6.10 Å². The van der Waals surface area contributed by atoms with Gasteiger partial charge in [-0.15, -0.1) is 0 Å². The van der Waals surface area contributed by atoms with E-state index in [4.69, 9.17) is 80.5 Å². The van der Waals surface area contributed by atoms with Gasteiger partial charge in [0.2, 0.25) is 5.76 Å². The molecule has 0 aromatic heterocycles. The van der Waals surface area contributed by atoms with Crippen molar-refractivity contribution in [3.8, 4) is 0 Å². The molecule has 2 atom stereocenters. The van der Waals surface area contributed by atoms with E-state index >= 15 is 0 Å². The molecule has 0 amide bonds. The first-order chi connectivity index (χ1) is 12.5. The smallest absolute Gasteiger partial charge is 0.652 e. The normalized spacial score (nSPS) is 13.1. The number of ether oxygens (including phenoxy) is 1. The van der Waals surface area contributed by atoms with E-state index in [1.807, 2.05) is 0 Å². The standard InChI is InChI=1S/C6H8O6.4CH2O3.Mg.2Na/c7-1-2(8)5-3(9)4(10)6(11)12-5;4*2-1(3)4;;;/h2,5,7-10H,1H2;4*(H2,2,3,4);;;/q;;;;;+2;2*+1/p-4/t2-,5+;;;;;;;/m0......./s1. The molecule has 0 fully saturated rings. The third kappa shape index (κ3) is 47.7. The largest absolute Gasteiger partial charge is 2.00 e. The molecule has 1 aliphatic rings. The first-order valence-corrected chi connectivity index (χ1v) is 5.72. The Morgan fingerprint density at radius 2 is 1.10 bits per heavy atom. The number of esters is 1. The van der Waals surface area contributed by atoms with E-state index in [0.29, 0.717) is 0 Å². The predicted octanol–water partition coefficient (Wildman–Crippen LogP) is -12.2. The maximum absolute atomic E-state index is 10.5. The van der Waals surface area contributed by atoms with Crippen LogP contribution in [0.25, 0.3) is 0 Å². The molecule has 18 nitrogen and oxygen atoms in total. The molecule has 0 radical (unpaired) electrons. The number of carbonyl (C=O) groups is 5. The van der Waals surface area contributed by atoms with Gasteiger partial charge in [-0.2, -0.15) is 0 Å². The topological polar surface area (TPSA) is 349 Å². The zero-order valence-corrected chi connectivity index (χ0v) is 21.1. The number of carboxylic acid groups (broad SMARTS) is 8. The Kier molecular flexibility index (Phi) is 43.7. The van der Waals surface area contributed by atoms with Gasteiger partial charge in [-0.05, 0) is 12.3 Å². The Morgan fingerprint density at radius 1 is 0.871 bits per heavy atom. The summed E-state index contributed by atoms with van der Waals surface area (Å²) in [6.45, 7) is -0.671. The Hall–Kier alpha value is -1.42. The summed E-state index contributed by atoms with van der Waals surface area (Å²) < 4.78 is 4.32. The number of aliphatic hydroxyl groups excluding tert-OH is 4. The molecule has 1 aliphatic heterocycles. The summed E-state index contributed by atoms with van der Waals surface area (Å²) in [5.41, 5.74) is 0. The van der Waals surface area contributed by atoms with Crippen molar-refractivity contribution >= 4 is 53.6 Å². The second-order valence-corrected chi connectivity index (χ2v) is 3.37. The van der Waals surface area contributed by atoms with Gasteiger partial charge in [0.05, 0.1) is 6.61 Å². The van der Waals surface area contributed by atoms with Crippen molar-refractivity contribution in [1.29, 1.82) is 0 Å². The molecule has 0 aliphatic carbocycles. The second-order valence-electron chi connectivity index (χ2n) is 3.37. The summed E-state index contributed by atoms with van der Waals surface area (Å²) in [7, 11) is 0. The Balaban J connectivity index is -0.0000000516. The number of hydrogen-bond acceptors (Lipinski definition) is 14. The number of hydrogen-bond donors (Lipinski definition) is 8. The number of rotatable bonds is 2. The monoisotopic (exact) mass is 490 g/mol. The van der Waals surface area contributed by atoms with E-state index in [-0.39, 0.29) is 82.2 Å². The van der Waals surface area contributed by atoms with Gasteiger partial charge in [-0.3, -0.25) is 0 Å². The van der Waals surface area contributed by atoms with Crippen molar-refractivity contribution in [3.05, 3.63) is 11.5 Å². The fourth-order valence-electron chi connectivity index (χ4n) is 0.823. The van der Waals surface area contributed by atoms with Crippen LogP contribution in [-0.2, 0) is 9.53 Å². The fourth-order valence-corrected chi connectivity index (χ4v) is 0.823. The quantitative estimate of drug-likeness (QED) is 0.131. The minimum Gasteiger partial charge on any atom is -0.652 e. The van der Waals surface area contributed by atoms with Gasteiger partial charge in [-0.25, -0.2) is 14.4 Å². The van der Waals surface area contributed by atoms with Gasteiger partial charge in [-0.1, -0.05) is 0 Å².